The maximum Gasteiger partial charge on any atom is 0.190 e. The van der Waals surface area contributed by atoms with Crippen LogP contribution in [0.15, 0.2) is 53.4 Å². The minimum atomic E-state index is -3.81. The lowest BCUT2D eigenvalue weighted by atomic mass is 10.00. The van der Waals surface area contributed by atoms with Gasteiger partial charge in [-0.15, -0.1) is 0 Å². The fourth-order valence-corrected chi connectivity index (χ4v) is 4.57. The van der Waals surface area contributed by atoms with Gasteiger partial charge in [0.15, 0.2) is 15.6 Å². The zero-order valence-corrected chi connectivity index (χ0v) is 16.8. The molecular formula is C21H25NO4S. The molecule has 144 valence electrons. The fraction of sp³-hybridized carbons (Fsp3) is 0.381. The van der Waals surface area contributed by atoms with E-state index in [0.717, 1.165) is 24.3 Å². The van der Waals surface area contributed by atoms with Crippen molar-refractivity contribution in [1.29, 1.82) is 0 Å². The first kappa shape index (κ1) is 19.6. The van der Waals surface area contributed by atoms with E-state index in [0.29, 0.717) is 18.8 Å². The Labute approximate surface area is 160 Å². The Bertz CT molecular complexity index is 910. The molecule has 0 unspecified atom stereocenters. The van der Waals surface area contributed by atoms with Gasteiger partial charge in [0.2, 0.25) is 0 Å². The van der Waals surface area contributed by atoms with Crippen molar-refractivity contribution in [1.82, 2.24) is 0 Å². The monoisotopic (exact) mass is 387 g/mol. The Balaban J connectivity index is 1.85. The molecule has 0 spiro atoms. The first-order chi connectivity index (χ1) is 12.7. The van der Waals surface area contributed by atoms with Crippen LogP contribution in [0.4, 0.5) is 5.69 Å². The lowest BCUT2D eigenvalue weighted by Gasteiger charge is -2.29. The van der Waals surface area contributed by atoms with Crippen molar-refractivity contribution >= 4 is 21.3 Å². The van der Waals surface area contributed by atoms with Crippen LogP contribution in [-0.4, -0.2) is 45.3 Å². The average Bonchev–Trinajstić information content (AvgIpc) is 2.68. The molecule has 0 atom stereocenters. The summed E-state index contributed by atoms with van der Waals surface area (Å²) in [5, 5.41) is 0. The predicted molar refractivity (Wildman–Crippen MR) is 106 cm³/mol. The van der Waals surface area contributed by atoms with Crippen LogP contribution in [-0.2, 0) is 14.6 Å². The highest BCUT2D eigenvalue weighted by atomic mass is 32.2. The van der Waals surface area contributed by atoms with Crippen LogP contribution < -0.4 is 4.90 Å². The van der Waals surface area contributed by atoms with Gasteiger partial charge in [-0.1, -0.05) is 17.7 Å². The number of ketones is 1. The molecule has 1 aliphatic heterocycles. The molecule has 3 rings (SSSR count). The Kier molecular flexibility index (Phi) is 5.40. The molecule has 1 heterocycles. The third-order valence-corrected chi connectivity index (χ3v) is 7.48. The van der Waals surface area contributed by atoms with E-state index in [9.17, 15) is 13.2 Å². The number of carbonyl (C=O) groups is 1. The highest BCUT2D eigenvalue weighted by Gasteiger charge is 2.43. The highest BCUT2D eigenvalue weighted by molar-refractivity contribution is 7.93. The molecule has 0 bridgehead atoms. The molecule has 0 aliphatic carbocycles. The number of aryl methyl sites for hydroxylation is 1. The molecule has 2 aromatic carbocycles. The molecule has 5 nitrogen and oxygen atoms in total. The molecule has 2 aromatic rings. The number of nitrogens with zero attached hydrogens (tertiary/aromatic N) is 1. The molecule has 0 N–H and O–H groups in total. The third-order valence-electron chi connectivity index (χ3n) is 5.06. The van der Waals surface area contributed by atoms with Crippen LogP contribution >= 0.6 is 0 Å². The third kappa shape index (κ3) is 3.77. The number of sulfone groups is 1. The van der Waals surface area contributed by atoms with Crippen LogP contribution in [0.2, 0.25) is 0 Å². The van der Waals surface area contributed by atoms with Gasteiger partial charge in [-0.2, -0.15) is 0 Å². The van der Waals surface area contributed by atoms with Gasteiger partial charge in [0, 0.05) is 24.3 Å². The van der Waals surface area contributed by atoms with Crippen LogP contribution in [0.5, 0.6) is 0 Å². The summed E-state index contributed by atoms with van der Waals surface area (Å²) in [6, 6.07) is 13.7. The number of hydrogen-bond donors (Lipinski definition) is 0. The minimum absolute atomic E-state index is 0.163. The maximum absolute atomic E-state index is 13.1. The number of anilines is 1. The molecule has 6 heteroatoms. The van der Waals surface area contributed by atoms with Gasteiger partial charge in [0.1, 0.15) is 4.75 Å². The molecule has 1 saturated heterocycles. The summed E-state index contributed by atoms with van der Waals surface area (Å²) in [6.45, 7) is 7.82. The van der Waals surface area contributed by atoms with Crippen LogP contribution in [0.3, 0.4) is 0 Å². The summed E-state index contributed by atoms with van der Waals surface area (Å²) >= 11 is 0. The van der Waals surface area contributed by atoms with Crippen molar-refractivity contribution < 1.29 is 17.9 Å². The van der Waals surface area contributed by atoms with Gasteiger partial charge in [0.25, 0.3) is 0 Å². The Morgan fingerprint density at radius 3 is 2.07 bits per heavy atom. The predicted octanol–water partition coefficient (Wildman–Crippen LogP) is 3.27. The largest absolute Gasteiger partial charge is 0.378 e. The zero-order valence-electron chi connectivity index (χ0n) is 15.9. The number of morpholine rings is 1. The van der Waals surface area contributed by atoms with Crippen LogP contribution in [0.25, 0.3) is 0 Å². The SMILES string of the molecule is Cc1ccc(S(=O)(=O)C(C)(C)C(=O)c2ccc(N3CCOCC3)cc2)cc1. The van der Waals surface area contributed by atoms with E-state index in [1.54, 1.807) is 36.4 Å². The molecule has 1 fully saturated rings. The van der Waals surface area contributed by atoms with E-state index in [4.69, 9.17) is 4.74 Å². The molecule has 0 amide bonds. The van der Waals surface area contributed by atoms with Gasteiger partial charge < -0.3 is 9.64 Å². The van der Waals surface area contributed by atoms with Crippen LogP contribution in [0.1, 0.15) is 29.8 Å². The number of carbonyl (C=O) groups excluding carboxylic acids is 1. The van der Waals surface area contributed by atoms with Crippen molar-refractivity contribution in [3.8, 4) is 0 Å². The average molecular weight is 388 g/mol. The van der Waals surface area contributed by atoms with Crippen LogP contribution in [0, 0.1) is 6.92 Å². The van der Waals surface area contributed by atoms with Crippen molar-refractivity contribution in [2.45, 2.75) is 30.4 Å². The lowest BCUT2D eigenvalue weighted by Crippen LogP contribution is -2.40. The molecule has 0 saturated carbocycles. The Hall–Kier alpha value is -2.18. The lowest BCUT2D eigenvalue weighted by molar-refractivity contribution is 0.0953. The molecule has 0 radical (unpaired) electrons. The van der Waals surface area contributed by atoms with Gasteiger partial charge >= 0.3 is 0 Å². The summed E-state index contributed by atoms with van der Waals surface area (Å²) < 4.78 is 29.9. The number of hydrogen-bond acceptors (Lipinski definition) is 5. The highest BCUT2D eigenvalue weighted by Crippen LogP contribution is 2.30. The van der Waals surface area contributed by atoms with Crippen molar-refractivity contribution in [2.24, 2.45) is 0 Å². The second kappa shape index (κ2) is 7.44. The molecule has 0 aromatic heterocycles. The van der Waals surface area contributed by atoms with Gasteiger partial charge in [-0.05, 0) is 57.2 Å². The number of rotatable bonds is 5. The summed E-state index contributed by atoms with van der Waals surface area (Å²) in [7, 11) is -3.81. The summed E-state index contributed by atoms with van der Waals surface area (Å²) in [6.07, 6.45) is 0. The normalized spacial score (nSPS) is 15.6. The van der Waals surface area contributed by atoms with Crippen molar-refractivity contribution in [2.75, 3.05) is 31.2 Å². The minimum Gasteiger partial charge on any atom is -0.378 e. The van der Waals surface area contributed by atoms with E-state index in [-0.39, 0.29) is 4.90 Å². The number of ether oxygens (including phenoxy) is 1. The summed E-state index contributed by atoms with van der Waals surface area (Å²) in [5.41, 5.74) is 2.37. The smallest absolute Gasteiger partial charge is 0.190 e. The Morgan fingerprint density at radius 1 is 0.963 bits per heavy atom. The quantitative estimate of drug-likeness (QED) is 0.737. The summed E-state index contributed by atoms with van der Waals surface area (Å²) in [5.74, 6) is -0.406. The number of benzene rings is 2. The van der Waals surface area contributed by atoms with E-state index >= 15 is 0 Å². The topological polar surface area (TPSA) is 63.7 Å². The molecule has 1 aliphatic rings. The summed E-state index contributed by atoms with van der Waals surface area (Å²) in [4.78, 5) is 15.4. The second-order valence-electron chi connectivity index (χ2n) is 7.30. The fourth-order valence-electron chi connectivity index (χ4n) is 3.13. The first-order valence-corrected chi connectivity index (χ1v) is 10.5. The first-order valence-electron chi connectivity index (χ1n) is 9.02. The molecular weight excluding hydrogens is 362 g/mol. The van der Waals surface area contributed by atoms with E-state index in [1.165, 1.54) is 13.8 Å². The second-order valence-corrected chi connectivity index (χ2v) is 9.80. The zero-order chi connectivity index (χ0) is 19.7. The van der Waals surface area contributed by atoms with Gasteiger partial charge in [-0.3, -0.25) is 4.79 Å². The standard InChI is InChI=1S/C21H25NO4S/c1-16-4-10-19(11-5-16)27(24,25)21(2,3)20(23)17-6-8-18(9-7-17)22-12-14-26-15-13-22/h4-11H,12-15H2,1-3H3. The molecule has 27 heavy (non-hydrogen) atoms. The van der Waals surface area contributed by atoms with Gasteiger partial charge in [0.05, 0.1) is 18.1 Å². The Morgan fingerprint density at radius 2 is 1.52 bits per heavy atom. The van der Waals surface area contributed by atoms with Crippen molar-refractivity contribution in [3.63, 3.8) is 0 Å². The maximum atomic E-state index is 13.1. The van der Waals surface area contributed by atoms with Crippen molar-refractivity contribution in [3.05, 3.63) is 59.7 Å². The van der Waals surface area contributed by atoms with E-state index in [2.05, 4.69) is 4.90 Å². The van der Waals surface area contributed by atoms with Gasteiger partial charge in [-0.25, -0.2) is 8.42 Å². The van der Waals surface area contributed by atoms with E-state index in [1.807, 2.05) is 19.1 Å². The van der Waals surface area contributed by atoms with E-state index < -0.39 is 20.4 Å². The number of Topliss-reactive ketones (excluding diaryl/α,β-unsaturated/α-hetero) is 1.